The van der Waals surface area contributed by atoms with E-state index >= 15 is 0 Å². The summed E-state index contributed by atoms with van der Waals surface area (Å²) in [7, 11) is 0. The highest BCUT2D eigenvalue weighted by Gasteiger charge is 2.32. The number of carbonyl (C=O) groups is 3. The van der Waals surface area contributed by atoms with Crippen molar-refractivity contribution in [3.8, 4) is 5.75 Å². The number of nitrogens with zero attached hydrogens (tertiary/aromatic N) is 2. The van der Waals surface area contributed by atoms with Gasteiger partial charge in [-0.3, -0.25) is 14.4 Å². The fourth-order valence-corrected chi connectivity index (χ4v) is 3.68. The van der Waals surface area contributed by atoms with Gasteiger partial charge in [-0.1, -0.05) is 6.07 Å². The van der Waals surface area contributed by atoms with Crippen molar-refractivity contribution < 1.29 is 27.9 Å². The van der Waals surface area contributed by atoms with E-state index in [0.29, 0.717) is 30.2 Å². The van der Waals surface area contributed by atoms with E-state index in [0.717, 1.165) is 17.7 Å². The number of benzene rings is 2. The van der Waals surface area contributed by atoms with E-state index in [1.54, 1.807) is 19.1 Å². The molecule has 1 atom stereocenters. The lowest BCUT2D eigenvalue weighted by molar-refractivity contribution is -0.144. The molecule has 2 aliphatic heterocycles. The average Bonchev–Trinajstić information content (AvgIpc) is 3.08. The Morgan fingerprint density at radius 2 is 1.90 bits per heavy atom. The first-order valence-corrected chi connectivity index (χ1v) is 9.47. The fourth-order valence-electron chi connectivity index (χ4n) is 3.68. The number of amides is 2. The smallest absolute Gasteiger partial charge is 0.315 e. The second-order valence-corrected chi connectivity index (χ2v) is 7.32. The van der Waals surface area contributed by atoms with Crippen LogP contribution in [0, 0.1) is 11.6 Å². The number of nitrogens with one attached hydrogen (secondary N) is 1. The van der Waals surface area contributed by atoms with Gasteiger partial charge >= 0.3 is 17.8 Å². The van der Waals surface area contributed by atoms with Gasteiger partial charge in [0.25, 0.3) is 0 Å². The van der Waals surface area contributed by atoms with Gasteiger partial charge in [-0.15, -0.1) is 0 Å². The molecule has 4 rings (SSSR count). The zero-order chi connectivity index (χ0) is 21.4. The second kappa shape index (κ2) is 7.74. The summed E-state index contributed by atoms with van der Waals surface area (Å²) in [4.78, 5) is 39.7. The summed E-state index contributed by atoms with van der Waals surface area (Å²) in [6, 6.07) is 8.14. The summed E-state index contributed by atoms with van der Waals surface area (Å²) < 4.78 is 31.7. The van der Waals surface area contributed by atoms with Crippen LogP contribution in [0.15, 0.2) is 36.4 Å². The van der Waals surface area contributed by atoms with Gasteiger partial charge in [-0.05, 0) is 25.1 Å². The van der Waals surface area contributed by atoms with Crippen LogP contribution < -0.4 is 15.0 Å². The number of fused-ring (bicyclic) bond motifs is 1. The molecule has 2 aromatic rings. The van der Waals surface area contributed by atoms with Crippen molar-refractivity contribution in [2.45, 2.75) is 19.4 Å². The lowest BCUT2D eigenvalue weighted by atomic mass is 10.1. The van der Waals surface area contributed by atoms with Crippen molar-refractivity contribution in [3.05, 3.63) is 53.6 Å². The Labute approximate surface area is 171 Å². The first-order valence-electron chi connectivity index (χ1n) is 9.47. The number of piperazine rings is 1. The minimum atomic E-state index is -0.932. The zero-order valence-corrected chi connectivity index (χ0v) is 16.2. The topological polar surface area (TPSA) is 79.0 Å². The monoisotopic (exact) mass is 415 g/mol. The molecule has 30 heavy (non-hydrogen) atoms. The summed E-state index contributed by atoms with van der Waals surface area (Å²) in [6.45, 7) is 2.79. The molecule has 0 aromatic heterocycles. The first-order chi connectivity index (χ1) is 14.3. The highest BCUT2D eigenvalue weighted by molar-refractivity contribution is 6.39. The summed E-state index contributed by atoms with van der Waals surface area (Å²) >= 11 is 0. The Morgan fingerprint density at radius 3 is 2.63 bits per heavy atom. The Bertz CT molecular complexity index is 1040. The van der Waals surface area contributed by atoms with Gasteiger partial charge in [0.15, 0.2) is 11.6 Å². The molecule has 1 N–H and O–H groups in total. The Morgan fingerprint density at radius 1 is 1.10 bits per heavy atom. The number of rotatable bonds is 2. The number of esters is 1. The molecule has 0 saturated carbocycles. The largest absolute Gasteiger partial charge is 0.426 e. The molecular weight excluding hydrogens is 396 g/mol. The lowest BCUT2D eigenvalue weighted by Gasteiger charge is -2.40. The molecular formula is C21H19F2N3O4. The normalized spacial score (nSPS) is 18.1. The number of carbonyl (C=O) groups excluding carboxylic acids is 3. The van der Waals surface area contributed by atoms with E-state index in [1.807, 2.05) is 4.90 Å². The maximum absolute atomic E-state index is 13.5. The molecule has 0 radical (unpaired) electrons. The molecule has 2 amide bonds. The van der Waals surface area contributed by atoms with Crippen LogP contribution in [-0.2, 0) is 20.8 Å². The minimum absolute atomic E-state index is 0.183. The zero-order valence-electron chi connectivity index (χ0n) is 16.2. The molecule has 9 heteroatoms. The third kappa shape index (κ3) is 3.83. The van der Waals surface area contributed by atoms with E-state index in [1.165, 1.54) is 17.0 Å². The lowest BCUT2D eigenvalue weighted by Crippen LogP contribution is -2.56. The quantitative estimate of drug-likeness (QED) is 0.462. The third-order valence-corrected chi connectivity index (χ3v) is 5.23. The summed E-state index contributed by atoms with van der Waals surface area (Å²) in [5, 5.41) is 2.53. The summed E-state index contributed by atoms with van der Waals surface area (Å²) in [5.74, 6) is -3.33. The summed E-state index contributed by atoms with van der Waals surface area (Å²) in [6.07, 6.45) is 0.183. The maximum Gasteiger partial charge on any atom is 0.315 e. The molecule has 0 unspecified atom stereocenters. The van der Waals surface area contributed by atoms with E-state index < -0.39 is 23.4 Å². The van der Waals surface area contributed by atoms with E-state index in [-0.39, 0.29) is 25.0 Å². The van der Waals surface area contributed by atoms with Crippen molar-refractivity contribution in [2.75, 3.05) is 29.9 Å². The molecule has 7 nitrogen and oxygen atoms in total. The molecule has 2 aromatic carbocycles. The van der Waals surface area contributed by atoms with Crippen molar-refractivity contribution in [1.82, 2.24) is 4.90 Å². The summed E-state index contributed by atoms with van der Waals surface area (Å²) in [5.41, 5.74) is 1.60. The molecule has 0 bridgehead atoms. The third-order valence-electron chi connectivity index (χ3n) is 5.23. The van der Waals surface area contributed by atoms with Crippen LogP contribution in [0.4, 0.5) is 20.2 Å². The highest BCUT2D eigenvalue weighted by Crippen LogP contribution is 2.29. The Balaban J connectivity index is 1.39. The number of halogens is 2. The molecule has 0 aliphatic carbocycles. The predicted octanol–water partition coefficient (Wildman–Crippen LogP) is 2.10. The van der Waals surface area contributed by atoms with Crippen LogP contribution in [0.5, 0.6) is 5.75 Å². The number of hydrogen-bond acceptors (Lipinski definition) is 5. The van der Waals surface area contributed by atoms with Crippen molar-refractivity contribution in [1.29, 1.82) is 0 Å². The van der Waals surface area contributed by atoms with Gasteiger partial charge in [0.2, 0.25) is 0 Å². The maximum atomic E-state index is 13.5. The van der Waals surface area contributed by atoms with E-state index in [2.05, 4.69) is 5.32 Å². The molecule has 2 heterocycles. The minimum Gasteiger partial charge on any atom is -0.426 e. The van der Waals surface area contributed by atoms with Crippen LogP contribution in [0.25, 0.3) is 0 Å². The van der Waals surface area contributed by atoms with Crippen LogP contribution in [0.1, 0.15) is 12.5 Å². The molecule has 2 aliphatic rings. The van der Waals surface area contributed by atoms with E-state index in [4.69, 9.17) is 4.74 Å². The Kier molecular flexibility index (Phi) is 5.11. The molecule has 156 valence electrons. The first kappa shape index (κ1) is 19.8. The van der Waals surface area contributed by atoms with Gasteiger partial charge in [0.1, 0.15) is 5.75 Å². The van der Waals surface area contributed by atoms with E-state index in [9.17, 15) is 23.2 Å². The van der Waals surface area contributed by atoms with Crippen molar-refractivity contribution in [2.24, 2.45) is 0 Å². The van der Waals surface area contributed by atoms with Gasteiger partial charge < -0.3 is 19.9 Å². The molecule has 1 fully saturated rings. The van der Waals surface area contributed by atoms with Gasteiger partial charge in [0.05, 0.1) is 6.42 Å². The number of anilines is 2. The second-order valence-electron chi connectivity index (χ2n) is 7.32. The number of ether oxygens (including phenoxy) is 1. The van der Waals surface area contributed by atoms with Crippen molar-refractivity contribution >= 4 is 29.2 Å². The number of hydrogen-bond donors (Lipinski definition) is 1. The van der Waals surface area contributed by atoms with Crippen molar-refractivity contribution in [3.63, 3.8) is 0 Å². The average molecular weight is 415 g/mol. The van der Waals surface area contributed by atoms with Gasteiger partial charge in [0, 0.05) is 54.7 Å². The Hall–Kier alpha value is -3.49. The van der Waals surface area contributed by atoms with Crippen LogP contribution in [0.3, 0.4) is 0 Å². The van der Waals surface area contributed by atoms with Crippen LogP contribution in [-0.4, -0.2) is 48.4 Å². The predicted molar refractivity (Wildman–Crippen MR) is 104 cm³/mol. The SMILES string of the molecule is C[C@H]1CN(c2ccc(F)c(F)c2)CCN1C(=O)C(=O)Nc1ccc2c(c1)OC(=O)C2. The van der Waals surface area contributed by atoms with Gasteiger partial charge in [-0.2, -0.15) is 0 Å². The molecule has 1 saturated heterocycles. The molecule has 0 spiro atoms. The van der Waals surface area contributed by atoms with Crippen LogP contribution in [0.2, 0.25) is 0 Å². The standard InChI is InChI=1S/C21H19F2N3O4/c1-12-11-25(15-4-5-16(22)17(23)10-15)6-7-26(12)21(29)20(28)24-14-3-2-13-8-19(27)30-18(13)9-14/h2-5,9-10,12H,6-8,11H2,1H3,(H,24,28)/t12-/m0/s1. The van der Waals surface area contributed by atoms with Gasteiger partial charge in [-0.25, -0.2) is 8.78 Å². The van der Waals surface area contributed by atoms with Crippen LogP contribution >= 0.6 is 0 Å². The fraction of sp³-hybridized carbons (Fsp3) is 0.286. The highest BCUT2D eigenvalue weighted by atomic mass is 19.2.